The largest absolute Gasteiger partial charge is 0.478 e. The highest BCUT2D eigenvalue weighted by atomic mass is 32.2. The number of rotatable bonds is 16. The van der Waals surface area contributed by atoms with Crippen molar-refractivity contribution in [1.29, 1.82) is 5.41 Å². The Hall–Kier alpha value is -4.63. The second-order valence-electron chi connectivity index (χ2n) is 12.0. The van der Waals surface area contributed by atoms with Crippen molar-refractivity contribution in [3.63, 3.8) is 0 Å². The van der Waals surface area contributed by atoms with Gasteiger partial charge in [0.1, 0.15) is 17.9 Å². The van der Waals surface area contributed by atoms with Gasteiger partial charge in [-0.15, -0.1) is 0 Å². The molecule has 14 heteroatoms. The number of nitrogens with one attached hydrogen (secondary N) is 4. The number of nitrogen functional groups attached to an aromatic ring is 1. The standard InChI is InChI=1S/C33H42N6O7S/c1-33(2,3)46-19-28(39-47(44,45)20-22-9-13-26(14-10-22)32(42)43)31(41)38-27(16-23-5-4-6-24(15-23)17-34)30(40)37-18-21-7-11-25(12-8-21)29(35)36/h4-15,27-28,39H,16-20,34H2,1-3H3,(H3,35,36)(H,37,40)(H,38,41)(H,42,43). The fourth-order valence-corrected chi connectivity index (χ4v) is 5.76. The molecule has 2 amide bonds. The Balaban J connectivity index is 1.83. The Morgan fingerprint density at radius 3 is 2.04 bits per heavy atom. The molecule has 0 aliphatic heterocycles. The van der Waals surface area contributed by atoms with Crippen molar-refractivity contribution in [2.45, 2.75) is 63.7 Å². The second kappa shape index (κ2) is 16.3. The van der Waals surface area contributed by atoms with Crippen molar-refractivity contribution in [3.8, 4) is 0 Å². The van der Waals surface area contributed by atoms with Crippen molar-refractivity contribution in [2.24, 2.45) is 11.5 Å². The molecule has 252 valence electrons. The topological polar surface area (TPSA) is 227 Å². The number of benzene rings is 3. The van der Waals surface area contributed by atoms with Crippen LogP contribution in [0.1, 0.15) is 58.9 Å². The van der Waals surface area contributed by atoms with E-state index in [2.05, 4.69) is 15.4 Å². The Bertz CT molecular complexity index is 1670. The van der Waals surface area contributed by atoms with Crippen molar-refractivity contribution in [3.05, 3.63) is 106 Å². The quantitative estimate of drug-likeness (QED) is 0.0872. The predicted octanol–water partition coefficient (Wildman–Crippen LogP) is 1.77. The summed E-state index contributed by atoms with van der Waals surface area (Å²) in [5.41, 5.74) is 13.8. The van der Waals surface area contributed by atoms with Gasteiger partial charge in [-0.3, -0.25) is 15.0 Å². The molecule has 0 radical (unpaired) electrons. The third-order valence-corrected chi connectivity index (χ3v) is 8.27. The SMILES string of the molecule is CC(C)(C)OCC(NS(=O)(=O)Cc1ccc(C(=O)O)cc1)C(=O)NC(Cc1cccc(CN)c1)C(=O)NCc1ccc(C(=N)N)cc1. The van der Waals surface area contributed by atoms with Crippen LogP contribution in [0.2, 0.25) is 0 Å². The van der Waals surface area contributed by atoms with Crippen LogP contribution >= 0.6 is 0 Å². The number of sulfonamides is 1. The Kier molecular flexibility index (Phi) is 12.8. The smallest absolute Gasteiger partial charge is 0.335 e. The number of carbonyl (C=O) groups excluding carboxylic acids is 2. The summed E-state index contributed by atoms with van der Waals surface area (Å²) in [5.74, 6) is -3.04. The van der Waals surface area contributed by atoms with E-state index < -0.39 is 51.2 Å². The first kappa shape index (κ1) is 36.8. The average molecular weight is 667 g/mol. The van der Waals surface area contributed by atoms with Crippen molar-refractivity contribution in [1.82, 2.24) is 15.4 Å². The van der Waals surface area contributed by atoms with Crippen LogP contribution in [-0.2, 0) is 49.6 Å². The number of hydrogen-bond donors (Lipinski definition) is 7. The number of carbonyl (C=O) groups is 3. The number of aromatic carboxylic acids is 1. The molecule has 0 aliphatic carbocycles. The minimum Gasteiger partial charge on any atom is -0.478 e. The first-order valence-electron chi connectivity index (χ1n) is 14.8. The second-order valence-corrected chi connectivity index (χ2v) is 13.7. The van der Waals surface area contributed by atoms with Gasteiger partial charge in [-0.1, -0.05) is 60.7 Å². The first-order chi connectivity index (χ1) is 22.0. The average Bonchev–Trinajstić information content (AvgIpc) is 3.01. The maximum absolute atomic E-state index is 13.7. The van der Waals surface area contributed by atoms with Crippen LogP contribution in [0, 0.1) is 5.41 Å². The molecular weight excluding hydrogens is 624 g/mol. The van der Waals surface area contributed by atoms with Crippen LogP contribution in [0.5, 0.6) is 0 Å². The fourth-order valence-electron chi connectivity index (χ4n) is 4.43. The molecule has 3 rings (SSSR count). The molecule has 0 aromatic heterocycles. The van der Waals surface area contributed by atoms with Crippen LogP contribution in [0.4, 0.5) is 0 Å². The van der Waals surface area contributed by atoms with Crippen LogP contribution in [-0.4, -0.2) is 61.4 Å². The summed E-state index contributed by atoms with van der Waals surface area (Å²) >= 11 is 0. The molecule has 0 fully saturated rings. The number of carboxylic acids is 1. The molecule has 3 aromatic carbocycles. The Morgan fingerprint density at radius 1 is 0.872 bits per heavy atom. The summed E-state index contributed by atoms with van der Waals surface area (Å²) in [6.07, 6.45) is 0.0875. The van der Waals surface area contributed by atoms with Gasteiger partial charge in [0.05, 0.1) is 23.5 Å². The summed E-state index contributed by atoms with van der Waals surface area (Å²) < 4.78 is 34.6. The molecule has 0 bridgehead atoms. The zero-order valence-electron chi connectivity index (χ0n) is 26.6. The van der Waals surface area contributed by atoms with E-state index in [0.29, 0.717) is 11.1 Å². The molecule has 3 aromatic rings. The Morgan fingerprint density at radius 2 is 1.47 bits per heavy atom. The van der Waals surface area contributed by atoms with Crippen molar-refractivity contribution in [2.75, 3.05) is 6.61 Å². The number of hydrogen-bond acceptors (Lipinski definition) is 8. The highest BCUT2D eigenvalue weighted by molar-refractivity contribution is 7.88. The number of amidine groups is 1. The molecule has 0 spiro atoms. The molecule has 2 unspecified atom stereocenters. The maximum atomic E-state index is 13.7. The maximum Gasteiger partial charge on any atom is 0.335 e. The third-order valence-electron chi connectivity index (χ3n) is 6.91. The van der Waals surface area contributed by atoms with Gasteiger partial charge in [-0.25, -0.2) is 17.9 Å². The van der Waals surface area contributed by atoms with Gasteiger partial charge in [0.25, 0.3) is 0 Å². The molecule has 0 heterocycles. The lowest BCUT2D eigenvalue weighted by atomic mass is 10.0. The van der Waals surface area contributed by atoms with E-state index in [4.69, 9.17) is 26.7 Å². The zero-order valence-corrected chi connectivity index (χ0v) is 27.4. The van der Waals surface area contributed by atoms with Gasteiger partial charge in [0.2, 0.25) is 21.8 Å². The summed E-state index contributed by atoms with van der Waals surface area (Å²) in [4.78, 5) is 38.4. The normalized spacial score (nSPS) is 12.9. The third kappa shape index (κ3) is 12.2. The lowest BCUT2D eigenvalue weighted by molar-refractivity contribution is -0.131. The number of ether oxygens (including phenoxy) is 1. The monoisotopic (exact) mass is 666 g/mol. The van der Waals surface area contributed by atoms with Gasteiger partial charge in [0.15, 0.2) is 0 Å². The lowest BCUT2D eigenvalue weighted by Crippen LogP contribution is -2.56. The summed E-state index contributed by atoms with van der Waals surface area (Å²) in [5, 5.41) is 22.2. The van der Waals surface area contributed by atoms with E-state index in [1.807, 2.05) is 12.1 Å². The molecule has 13 nitrogen and oxygen atoms in total. The molecular formula is C33H42N6O7S. The molecule has 2 atom stereocenters. The first-order valence-corrected chi connectivity index (χ1v) is 16.5. The summed E-state index contributed by atoms with van der Waals surface area (Å²) in [6.45, 7) is 5.33. The van der Waals surface area contributed by atoms with E-state index >= 15 is 0 Å². The number of amides is 2. The Labute approximate surface area is 274 Å². The highest BCUT2D eigenvalue weighted by Gasteiger charge is 2.30. The van der Waals surface area contributed by atoms with E-state index in [1.165, 1.54) is 24.3 Å². The zero-order chi connectivity index (χ0) is 34.8. The molecule has 9 N–H and O–H groups in total. The van der Waals surface area contributed by atoms with Crippen LogP contribution in [0.15, 0.2) is 72.8 Å². The van der Waals surface area contributed by atoms with Crippen LogP contribution < -0.4 is 26.8 Å². The minimum absolute atomic E-state index is 0.00401. The van der Waals surface area contributed by atoms with E-state index in [9.17, 15) is 22.8 Å². The van der Waals surface area contributed by atoms with Gasteiger partial charge in [0, 0.05) is 25.1 Å². The van der Waals surface area contributed by atoms with Crippen LogP contribution in [0.25, 0.3) is 0 Å². The summed E-state index contributed by atoms with van der Waals surface area (Å²) in [7, 11) is -4.14. The van der Waals surface area contributed by atoms with E-state index in [0.717, 1.165) is 16.7 Å². The molecule has 0 saturated carbocycles. The van der Waals surface area contributed by atoms with E-state index in [-0.39, 0.29) is 37.5 Å². The van der Waals surface area contributed by atoms with Gasteiger partial charge in [-0.2, -0.15) is 0 Å². The van der Waals surface area contributed by atoms with Crippen molar-refractivity contribution < 1.29 is 32.6 Å². The molecule has 47 heavy (non-hydrogen) atoms. The number of nitrogens with two attached hydrogens (primary N) is 2. The van der Waals surface area contributed by atoms with Gasteiger partial charge >= 0.3 is 5.97 Å². The van der Waals surface area contributed by atoms with Crippen molar-refractivity contribution >= 4 is 33.6 Å². The van der Waals surface area contributed by atoms with E-state index in [1.54, 1.807) is 57.2 Å². The van der Waals surface area contributed by atoms with Crippen LogP contribution in [0.3, 0.4) is 0 Å². The molecule has 0 aliphatic rings. The predicted molar refractivity (Wildman–Crippen MR) is 178 cm³/mol. The fraction of sp³-hybridized carbons (Fsp3) is 0.333. The van der Waals surface area contributed by atoms with Gasteiger partial charge < -0.3 is 31.9 Å². The number of carboxylic acid groups (broad SMARTS) is 1. The summed E-state index contributed by atoms with van der Waals surface area (Å²) in [6, 6.07) is 16.9. The van der Waals surface area contributed by atoms with Gasteiger partial charge in [-0.05, 0) is 55.2 Å². The molecule has 0 saturated heterocycles. The highest BCUT2D eigenvalue weighted by Crippen LogP contribution is 2.13. The minimum atomic E-state index is -4.14. The lowest BCUT2D eigenvalue weighted by Gasteiger charge is -2.26.